The van der Waals surface area contributed by atoms with Crippen molar-refractivity contribution < 1.29 is 18.7 Å². The number of anilines is 1. The summed E-state index contributed by atoms with van der Waals surface area (Å²) >= 11 is 11.8. The van der Waals surface area contributed by atoms with Gasteiger partial charge in [0.25, 0.3) is 5.91 Å². The van der Waals surface area contributed by atoms with Crippen LogP contribution in [0.25, 0.3) is 0 Å². The van der Waals surface area contributed by atoms with Gasteiger partial charge in [-0.15, -0.1) is 0 Å². The number of benzene rings is 2. The maximum Gasteiger partial charge on any atom is 0.338 e. The first-order valence-electron chi connectivity index (χ1n) is 7.59. The molecule has 0 fully saturated rings. The van der Waals surface area contributed by atoms with Crippen LogP contribution < -0.4 is 5.32 Å². The topological polar surface area (TPSA) is 68.5 Å². The molecule has 0 saturated carbocycles. The summed E-state index contributed by atoms with van der Waals surface area (Å²) in [6, 6.07) is 14.5. The number of amides is 1. The Morgan fingerprint density at radius 3 is 2.42 bits per heavy atom. The molecule has 1 aromatic heterocycles. The molecule has 0 atom stereocenters. The Morgan fingerprint density at radius 1 is 1.00 bits per heavy atom. The second kappa shape index (κ2) is 8.08. The van der Waals surface area contributed by atoms with Crippen molar-refractivity contribution in [2.24, 2.45) is 0 Å². The van der Waals surface area contributed by atoms with E-state index in [0.29, 0.717) is 21.3 Å². The van der Waals surface area contributed by atoms with Crippen LogP contribution in [-0.4, -0.2) is 11.9 Å². The first-order chi connectivity index (χ1) is 12.5. The van der Waals surface area contributed by atoms with Crippen LogP contribution in [0, 0.1) is 0 Å². The van der Waals surface area contributed by atoms with Crippen molar-refractivity contribution >= 4 is 40.8 Å². The lowest BCUT2D eigenvalue weighted by Gasteiger charge is -2.07. The number of ether oxygens (including phenoxy) is 1. The van der Waals surface area contributed by atoms with Crippen molar-refractivity contribution in [3.63, 3.8) is 0 Å². The Kier molecular flexibility index (Phi) is 5.61. The number of halogens is 2. The average molecular weight is 390 g/mol. The van der Waals surface area contributed by atoms with Crippen molar-refractivity contribution in [3.8, 4) is 0 Å². The number of hydrogen-bond donors (Lipinski definition) is 1. The van der Waals surface area contributed by atoms with Crippen LogP contribution in [-0.2, 0) is 11.3 Å². The molecule has 0 bridgehead atoms. The SMILES string of the molecule is O=C(OCc1ccc(Cl)c(Cl)c1)c1ccc(NC(=O)c2ccco2)cc1. The van der Waals surface area contributed by atoms with Gasteiger partial charge in [-0.25, -0.2) is 4.79 Å². The number of carbonyl (C=O) groups excluding carboxylic acids is 2. The Morgan fingerprint density at radius 2 is 1.77 bits per heavy atom. The van der Waals surface area contributed by atoms with E-state index in [0.717, 1.165) is 5.56 Å². The zero-order chi connectivity index (χ0) is 18.5. The Bertz CT molecular complexity index is 921. The van der Waals surface area contributed by atoms with Crippen LogP contribution in [0.15, 0.2) is 65.3 Å². The zero-order valence-corrected chi connectivity index (χ0v) is 14.9. The molecule has 0 radical (unpaired) electrons. The van der Waals surface area contributed by atoms with Crippen LogP contribution in [0.1, 0.15) is 26.5 Å². The second-order valence-electron chi connectivity index (χ2n) is 5.33. The van der Waals surface area contributed by atoms with E-state index in [2.05, 4.69) is 5.32 Å². The van der Waals surface area contributed by atoms with Gasteiger partial charge in [0, 0.05) is 5.69 Å². The number of nitrogens with one attached hydrogen (secondary N) is 1. The first kappa shape index (κ1) is 18.0. The van der Waals surface area contributed by atoms with E-state index in [1.165, 1.54) is 6.26 Å². The molecule has 7 heteroatoms. The maximum atomic E-state index is 12.1. The van der Waals surface area contributed by atoms with Crippen LogP contribution in [0.5, 0.6) is 0 Å². The Labute approximate surface area is 159 Å². The summed E-state index contributed by atoms with van der Waals surface area (Å²) in [6.45, 7) is 0.0761. The molecule has 1 heterocycles. The van der Waals surface area contributed by atoms with E-state index in [1.54, 1.807) is 54.6 Å². The van der Waals surface area contributed by atoms with Crippen molar-refractivity contribution in [3.05, 3.63) is 87.8 Å². The molecule has 5 nitrogen and oxygen atoms in total. The van der Waals surface area contributed by atoms with Gasteiger partial charge in [-0.05, 0) is 54.1 Å². The van der Waals surface area contributed by atoms with Crippen LogP contribution in [0.2, 0.25) is 10.0 Å². The van der Waals surface area contributed by atoms with Gasteiger partial charge in [0.2, 0.25) is 0 Å². The third kappa shape index (κ3) is 4.45. The quantitative estimate of drug-likeness (QED) is 0.609. The number of hydrogen-bond acceptors (Lipinski definition) is 4. The van der Waals surface area contributed by atoms with Gasteiger partial charge >= 0.3 is 5.97 Å². The van der Waals surface area contributed by atoms with Gasteiger partial charge in [0.15, 0.2) is 5.76 Å². The fourth-order valence-corrected chi connectivity index (χ4v) is 2.47. The fourth-order valence-electron chi connectivity index (χ4n) is 2.15. The fraction of sp³-hybridized carbons (Fsp3) is 0.0526. The molecule has 1 N–H and O–H groups in total. The summed E-state index contributed by atoms with van der Waals surface area (Å²) < 4.78 is 10.3. The summed E-state index contributed by atoms with van der Waals surface area (Å²) in [5.74, 6) is -0.653. The molecular weight excluding hydrogens is 377 g/mol. The maximum absolute atomic E-state index is 12.1. The largest absolute Gasteiger partial charge is 0.459 e. The lowest BCUT2D eigenvalue weighted by atomic mass is 10.2. The third-order valence-corrected chi connectivity index (χ3v) is 4.22. The molecule has 0 aliphatic rings. The minimum Gasteiger partial charge on any atom is -0.459 e. The lowest BCUT2D eigenvalue weighted by molar-refractivity contribution is 0.0472. The minimum absolute atomic E-state index is 0.0761. The highest BCUT2D eigenvalue weighted by Gasteiger charge is 2.11. The first-order valence-corrected chi connectivity index (χ1v) is 8.34. The van der Waals surface area contributed by atoms with Crippen molar-refractivity contribution in [1.82, 2.24) is 0 Å². The normalized spacial score (nSPS) is 10.4. The third-order valence-electron chi connectivity index (χ3n) is 3.48. The molecule has 3 rings (SSSR count). The highest BCUT2D eigenvalue weighted by molar-refractivity contribution is 6.42. The van der Waals surface area contributed by atoms with E-state index in [4.69, 9.17) is 32.4 Å². The summed E-state index contributed by atoms with van der Waals surface area (Å²) in [7, 11) is 0. The highest BCUT2D eigenvalue weighted by atomic mass is 35.5. The van der Waals surface area contributed by atoms with Crippen molar-refractivity contribution in [1.29, 1.82) is 0 Å². The molecule has 0 spiro atoms. The lowest BCUT2D eigenvalue weighted by Crippen LogP contribution is -2.11. The van der Waals surface area contributed by atoms with Crippen LogP contribution in [0.4, 0.5) is 5.69 Å². The van der Waals surface area contributed by atoms with Crippen LogP contribution >= 0.6 is 23.2 Å². The molecule has 0 aliphatic carbocycles. The number of rotatable bonds is 5. The summed E-state index contributed by atoms with van der Waals surface area (Å²) in [5.41, 5.74) is 1.63. The van der Waals surface area contributed by atoms with Crippen LogP contribution in [0.3, 0.4) is 0 Å². The zero-order valence-electron chi connectivity index (χ0n) is 13.4. The number of esters is 1. The summed E-state index contributed by atoms with van der Waals surface area (Å²) in [4.78, 5) is 24.0. The Balaban J connectivity index is 1.58. The molecule has 2 aromatic carbocycles. The molecule has 26 heavy (non-hydrogen) atoms. The summed E-state index contributed by atoms with van der Waals surface area (Å²) in [6.07, 6.45) is 1.42. The van der Waals surface area contributed by atoms with Gasteiger partial charge in [-0.1, -0.05) is 29.3 Å². The van der Waals surface area contributed by atoms with E-state index in [9.17, 15) is 9.59 Å². The van der Waals surface area contributed by atoms with Gasteiger partial charge in [-0.2, -0.15) is 0 Å². The average Bonchev–Trinajstić information content (AvgIpc) is 3.18. The van der Waals surface area contributed by atoms with Crippen molar-refractivity contribution in [2.45, 2.75) is 6.61 Å². The van der Waals surface area contributed by atoms with Gasteiger partial charge in [-0.3, -0.25) is 4.79 Å². The summed E-state index contributed by atoms with van der Waals surface area (Å²) in [5, 5.41) is 3.51. The molecule has 132 valence electrons. The van der Waals surface area contributed by atoms with Gasteiger partial charge < -0.3 is 14.5 Å². The van der Waals surface area contributed by atoms with E-state index in [1.807, 2.05) is 0 Å². The standard InChI is InChI=1S/C19H13Cl2NO4/c20-15-8-3-12(10-16(15)21)11-26-19(24)13-4-6-14(7-5-13)22-18(23)17-2-1-9-25-17/h1-10H,11H2,(H,22,23). The minimum atomic E-state index is -0.486. The van der Waals surface area contributed by atoms with E-state index < -0.39 is 5.97 Å². The Hall–Kier alpha value is -2.76. The number of carbonyl (C=O) groups is 2. The van der Waals surface area contributed by atoms with E-state index in [-0.39, 0.29) is 18.3 Å². The predicted octanol–water partition coefficient (Wildman–Crippen LogP) is 5.20. The second-order valence-corrected chi connectivity index (χ2v) is 6.15. The van der Waals surface area contributed by atoms with E-state index >= 15 is 0 Å². The molecule has 0 aliphatic heterocycles. The van der Waals surface area contributed by atoms with Gasteiger partial charge in [0.1, 0.15) is 6.61 Å². The predicted molar refractivity (Wildman–Crippen MR) is 98.7 cm³/mol. The van der Waals surface area contributed by atoms with Crippen molar-refractivity contribution in [2.75, 3.05) is 5.32 Å². The highest BCUT2D eigenvalue weighted by Crippen LogP contribution is 2.23. The molecule has 1 amide bonds. The monoisotopic (exact) mass is 389 g/mol. The molecule has 0 saturated heterocycles. The van der Waals surface area contributed by atoms with Gasteiger partial charge in [0.05, 0.1) is 21.9 Å². The smallest absolute Gasteiger partial charge is 0.338 e. The molecule has 3 aromatic rings. The number of furan rings is 1. The molecule has 0 unspecified atom stereocenters. The molecular formula is C19H13Cl2NO4.